The fourth-order valence-corrected chi connectivity index (χ4v) is 6.16. The lowest BCUT2D eigenvalue weighted by Crippen LogP contribution is -2.26. The summed E-state index contributed by atoms with van der Waals surface area (Å²) in [5, 5.41) is 18.5. The van der Waals surface area contributed by atoms with Crippen molar-refractivity contribution in [2.45, 2.75) is 37.2 Å². The zero-order valence-electron chi connectivity index (χ0n) is 20.4. The second-order valence-corrected chi connectivity index (χ2v) is 10.5. The number of aryl methyl sites for hydroxylation is 2. The lowest BCUT2D eigenvalue weighted by Gasteiger charge is -2.24. The van der Waals surface area contributed by atoms with Gasteiger partial charge in [-0.05, 0) is 55.7 Å². The second kappa shape index (κ2) is 9.46. The smallest absolute Gasteiger partial charge is 0.274 e. The lowest BCUT2D eigenvalue weighted by atomic mass is 9.90. The highest BCUT2D eigenvalue weighted by atomic mass is 35.5. The second-order valence-electron chi connectivity index (χ2n) is 10.0. The zero-order chi connectivity index (χ0) is 26.5. The molecule has 196 valence electrons. The third-order valence-corrected chi connectivity index (χ3v) is 7.77. The summed E-state index contributed by atoms with van der Waals surface area (Å²) in [6.45, 7) is -0.282. The molecule has 2 unspecified atom stereocenters. The van der Waals surface area contributed by atoms with Crippen LogP contribution in [0.1, 0.15) is 53.5 Å². The van der Waals surface area contributed by atoms with Crippen molar-refractivity contribution in [1.82, 2.24) is 19.3 Å². The van der Waals surface area contributed by atoms with E-state index in [4.69, 9.17) is 22.1 Å². The van der Waals surface area contributed by atoms with Crippen molar-refractivity contribution in [1.29, 1.82) is 0 Å². The number of carbonyl (C=O) groups is 2. The molecule has 2 atom stereocenters. The van der Waals surface area contributed by atoms with Crippen LogP contribution < -0.4 is 15.8 Å². The molecule has 2 saturated carbocycles. The molecule has 0 bridgehead atoms. The van der Waals surface area contributed by atoms with Gasteiger partial charge in [0.15, 0.2) is 6.61 Å². The number of nitrogens with two attached hydrogens (primary N) is 1. The number of imidazole rings is 1. The summed E-state index contributed by atoms with van der Waals surface area (Å²) in [7, 11) is 3.49. The summed E-state index contributed by atoms with van der Waals surface area (Å²) in [4.78, 5) is 28.7. The third-order valence-electron chi connectivity index (χ3n) is 7.48. The molecular formula is C25H28ClFN6O4. The highest BCUT2D eigenvalue weighted by Gasteiger charge is 2.51. The van der Waals surface area contributed by atoms with Gasteiger partial charge in [0.05, 0.1) is 22.7 Å². The van der Waals surface area contributed by atoms with E-state index in [0.717, 1.165) is 12.8 Å². The molecule has 2 amide bonds. The van der Waals surface area contributed by atoms with Gasteiger partial charge in [-0.3, -0.25) is 14.3 Å². The van der Waals surface area contributed by atoms with Gasteiger partial charge in [-0.2, -0.15) is 0 Å². The van der Waals surface area contributed by atoms with Crippen molar-refractivity contribution in [3.8, 4) is 5.88 Å². The average molecular weight is 531 g/mol. The fourth-order valence-electron chi connectivity index (χ4n) is 5.98. The highest BCUT2D eigenvalue weighted by Crippen LogP contribution is 2.57. The first-order valence-corrected chi connectivity index (χ1v) is 12.4. The molecule has 10 nitrogen and oxygen atoms in total. The zero-order valence-corrected chi connectivity index (χ0v) is 21.2. The number of carbonyl (C=O) groups excluding carboxylic acids is 2. The standard InChI is InChI=1S/C25H28ClFN6O4/c1-32-12-29-22(23(32)24(35)30-16-3-4-18(27)17(26)7-16)13-5-14-9-25(36,10-15(14)6-13)19-8-21(31-33(19)2)37-11-20(28)34/h3-4,7-8,12-15,36H,5-6,9-11H2,1-2H3,(H2,28,34)(H,30,35). The van der Waals surface area contributed by atoms with E-state index in [1.165, 1.54) is 18.2 Å². The number of primary amides is 1. The van der Waals surface area contributed by atoms with Crippen LogP contribution in [0.25, 0.3) is 0 Å². The molecule has 1 aromatic carbocycles. The van der Waals surface area contributed by atoms with E-state index in [1.54, 1.807) is 35.7 Å². The minimum absolute atomic E-state index is 0.0688. The molecule has 3 aromatic rings. The lowest BCUT2D eigenvalue weighted by molar-refractivity contribution is -0.120. The monoisotopic (exact) mass is 530 g/mol. The van der Waals surface area contributed by atoms with Crippen molar-refractivity contribution in [3.05, 3.63) is 58.5 Å². The number of halogens is 2. The van der Waals surface area contributed by atoms with Crippen molar-refractivity contribution in [3.63, 3.8) is 0 Å². The number of rotatable bonds is 7. The van der Waals surface area contributed by atoms with E-state index < -0.39 is 17.3 Å². The Morgan fingerprint density at radius 1 is 1.27 bits per heavy atom. The number of hydrogen-bond acceptors (Lipinski definition) is 6. The van der Waals surface area contributed by atoms with Gasteiger partial charge in [0, 0.05) is 31.8 Å². The quantitative estimate of drug-likeness (QED) is 0.429. The minimum Gasteiger partial charge on any atom is -0.467 e. The van der Waals surface area contributed by atoms with Crippen molar-refractivity contribution < 1.29 is 23.8 Å². The van der Waals surface area contributed by atoms with E-state index >= 15 is 0 Å². The molecule has 2 heterocycles. The number of ether oxygens (including phenoxy) is 1. The number of anilines is 1. The fraction of sp³-hybridized carbons (Fsp3) is 0.440. The Balaban J connectivity index is 1.29. The largest absolute Gasteiger partial charge is 0.467 e. The maximum atomic E-state index is 13.5. The van der Waals surface area contributed by atoms with E-state index in [1.807, 2.05) is 0 Å². The topological polar surface area (TPSA) is 137 Å². The number of aromatic nitrogens is 4. The van der Waals surface area contributed by atoms with Crippen LogP contribution in [0, 0.1) is 17.7 Å². The molecule has 2 fully saturated rings. The first kappa shape index (κ1) is 25.2. The Labute approximate surface area is 217 Å². The summed E-state index contributed by atoms with van der Waals surface area (Å²) in [6.07, 6.45) is 4.29. The summed E-state index contributed by atoms with van der Waals surface area (Å²) in [5.41, 5.74) is 6.26. The van der Waals surface area contributed by atoms with Gasteiger partial charge in [-0.25, -0.2) is 9.37 Å². The van der Waals surface area contributed by atoms with Crippen molar-refractivity contribution >= 4 is 29.1 Å². The van der Waals surface area contributed by atoms with Crippen molar-refractivity contribution in [2.24, 2.45) is 31.7 Å². The minimum atomic E-state index is -1.07. The third kappa shape index (κ3) is 4.80. The molecule has 4 N–H and O–H groups in total. The summed E-state index contributed by atoms with van der Waals surface area (Å²) < 4.78 is 22.1. The number of nitrogens with one attached hydrogen (secondary N) is 1. The molecule has 0 aliphatic heterocycles. The molecule has 2 aliphatic rings. The van der Waals surface area contributed by atoms with Gasteiger partial charge in [-0.15, -0.1) is 5.10 Å². The van der Waals surface area contributed by atoms with Crippen LogP contribution in [0.5, 0.6) is 5.88 Å². The number of amides is 2. The SMILES string of the molecule is Cn1cnc(C2CC3CC(O)(c4cc(OCC(N)=O)nn4C)CC3C2)c1C(=O)Nc1ccc(F)c(Cl)c1. The number of hydrogen-bond donors (Lipinski definition) is 3. The highest BCUT2D eigenvalue weighted by molar-refractivity contribution is 6.31. The average Bonchev–Trinajstić information content (AvgIpc) is 3.56. The van der Waals surface area contributed by atoms with Gasteiger partial charge in [0.1, 0.15) is 17.1 Å². The molecule has 2 aliphatic carbocycles. The van der Waals surface area contributed by atoms with Crippen LogP contribution in [-0.2, 0) is 24.5 Å². The number of nitrogens with zero attached hydrogens (tertiary/aromatic N) is 4. The molecule has 0 saturated heterocycles. The Kier molecular flexibility index (Phi) is 6.45. The van der Waals surface area contributed by atoms with Gasteiger partial charge < -0.3 is 25.5 Å². The number of benzene rings is 1. The maximum absolute atomic E-state index is 13.5. The molecule has 37 heavy (non-hydrogen) atoms. The van der Waals surface area contributed by atoms with Crippen LogP contribution in [-0.4, -0.2) is 42.9 Å². The number of aliphatic hydroxyl groups is 1. The first-order chi connectivity index (χ1) is 17.5. The van der Waals surface area contributed by atoms with Gasteiger partial charge >= 0.3 is 0 Å². The summed E-state index contributed by atoms with van der Waals surface area (Å²) in [5.74, 6) is -0.701. The van der Waals surface area contributed by atoms with E-state index in [0.29, 0.717) is 35.6 Å². The molecule has 0 radical (unpaired) electrons. The summed E-state index contributed by atoms with van der Waals surface area (Å²) in [6, 6.07) is 5.69. The molecule has 12 heteroatoms. The molecular weight excluding hydrogens is 503 g/mol. The van der Waals surface area contributed by atoms with Gasteiger partial charge in [0.2, 0.25) is 5.88 Å². The predicted molar refractivity (Wildman–Crippen MR) is 133 cm³/mol. The van der Waals surface area contributed by atoms with E-state index in [2.05, 4.69) is 15.4 Å². The maximum Gasteiger partial charge on any atom is 0.274 e. The van der Waals surface area contributed by atoms with Crippen LogP contribution in [0.3, 0.4) is 0 Å². The van der Waals surface area contributed by atoms with Crippen molar-refractivity contribution in [2.75, 3.05) is 11.9 Å². The predicted octanol–water partition coefficient (Wildman–Crippen LogP) is 2.85. The molecule has 5 rings (SSSR count). The number of fused-ring (bicyclic) bond motifs is 1. The van der Waals surface area contributed by atoms with Gasteiger partial charge in [0.25, 0.3) is 11.8 Å². The van der Waals surface area contributed by atoms with E-state index in [-0.39, 0.29) is 41.2 Å². The summed E-state index contributed by atoms with van der Waals surface area (Å²) >= 11 is 5.85. The Morgan fingerprint density at radius 2 is 1.97 bits per heavy atom. The first-order valence-electron chi connectivity index (χ1n) is 12.0. The van der Waals surface area contributed by atoms with Gasteiger partial charge in [-0.1, -0.05) is 11.6 Å². The Hall–Kier alpha value is -3.44. The molecule has 2 aromatic heterocycles. The van der Waals surface area contributed by atoms with E-state index in [9.17, 15) is 19.1 Å². The van der Waals surface area contributed by atoms with Crippen LogP contribution in [0.4, 0.5) is 10.1 Å². The normalized spacial score (nSPS) is 24.7. The molecule has 0 spiro atoms. The Bertz CT molecular complexity index is 1360. The van der Waals surface area contributed by atoms with Crippen LogP contribution >= 0.6 is 11.6 Å². The van der Waals surface area contributed by atoms with Crippen LogP contribution in [0.15, 0.2) is 30.6 Å². The Morgan fingerprint density at radius 3 is 2.62 bits per heavy atom. The van der Waals surface area contributed by atoms with Crippen LogP contribution in [0.2, 0.25) is 5.02 Å².